The fourth-order valence-electron chi connectivity index (χ4n) is 2.95. The van der Waals surface area contributed by atoms with E-state index in [1.807, 2.05) is 6.07 Å². The van der Waals surface area contributed by atoms with Gasteiger partial charge in [-0.25, -0.2) is 9.59 Å². The normalized spacial score (nSPS) is 10.7. The molecule has 3 aromatic carbocycles. The second-order valence-corrected chi connectivity index (χ2v) is 6.29. The summed E-state index contributed by atoms with van der Waals surface area (Å²) in [6.45, 7) is 0. The van der Waals surface area contributed by atoms with Crippen LogP contribution in [-0.2, 0) is 6.42 Å². The Hall–Kier alpha value is -3.86. The van der Waals surface area contributed by atoms with Crippen molar-refractivity contribution in [3.8, 4) is 11.5 Å². The lowest BCUT2D eigenvalue weighted by atomic mass is 10.0. The van der Waals surface area contributed by atoms with Crippen molar-refractivity contribution in [3.05, 3.63) is 106 Å². The molecule has 0 spiro atoms. The van der Waals surface area contributed by atoms with Crippen LogP contribution in [-0.4, -0.2) is 11.1 Å². The number of carbonyl (C=O) groups is 1. The number of benzene rings is 3. The van der Waals surface area contributed by atoms with Gasteiger partial charge in [-0.1, -0.05) is 42.5 Å². The molecule has 0 radical (unpaired) electrons. The molecule has 0 saturated carbocycles. The molecule has 5 heteroatoms. The molecule has 0 unspecified atom stereocenters. The van der Waals surface area contributed by atoms with E-state index < -0.39 is 11.6 Å². The Balaban J connectivity index is 1.56. The Kier molecular flexibility index (Phi) is 4.64. The third-order valence-electron chi connectivity index (χ3n) is 4.40. The van der Waals surface area contributed by atoms with Gasteiger partial charge in [0.15, 0.2) is 0 Å². The molecule has 0 aliphatic carbocycles. The summed E-state index contributed by atoms with van der Waals surface area (Å²) in [5.74, 6) is -0.0829. The first-order chi connectivity index (χ1) is 13.6. The minimum atomic E-state index is -0.580. The Morgan fingerprint density at radius 1 is 0.893 bits per heavy atom. The summed E-state index contributed by atoms with van der Waals surface area (Å²) in [5.41, 5.74) is 1.09. The minimum Gasteiger partial charge on any atom is -0.507 e. The molecule has 1 N–H and O–H groups in total. The number of hydrogen-bond acceptors (Lipinski definition) is 5. The van der Waals surface area contributed by atoms with Crippen LogP contribution in [0.15, 0.2) is 88.1 Å². The predicted octanol–water partition coefficient (Wildman–Crippen LogP) is 4.31. The van der Waals surface area contributed by atoms with Crippen LogP contribution < -0.4 is 10.4 Å². The van der Waals surface area contributed by atoms with Gasteiger partial charge in [0.25, 0.3) is 0 Å². The van der Waals surface area contributed by atoms with Crippen LogP contribution in [0.2, 0.25) is 0 Å². The highest BCUT2D eigenvalue weighted by Gasteiger charge is 2.15. The first-order valence-corrected chi connectivity index (χ1v) is 8.71. The van der Waals surface area contributed by atoms with Gasteiger partial charge in [0.05, 0.1) is 16.5 Å². The molecule has 0 aliphatic heterocycles. The Bertz CT molecular complexity index is 1190. The molecule has 0 saturated heterocycles. The number of carbonyl (C=O) groups excluding carboxylic acids is 1. The Morgan fingerprint density at radius 2 is 1.57 bits per heavy atom. The average Bonchev–Trinajstić information content (AvgIpc) is 2.72. The van der Waals surface area contributed by atoms with E-state index in [2.05, 4.69) is 0 Å². The van der Waals surface area contributed by atoms with E-state index >= 15 is 0 Å². The lowest BCUT2D eigenvalue weighted by Crippen LogP contribution is -2.10. The van der Waals surface area contributed by atoms with Crippen LogP contribution in [0, 0.1) is 0 Å². The zero-order chi connectivity index (χ0) is 19.5. The second kappa shape index (κ2) is 7.40. The lowest BCUT2D eigenvalue weighted by molar-refractivity contribution is 0.0734. The summed E-state index contributed by atoms with van der Waals surface area (Å²) in [4.78, 5) is 24.4. The topological polar surface area (TPSA) is 76.7 Å². The smallest absolute Gasteiger partial charge is 0.343 e. The van der Waals surface area contributed by atoms with Crippen molar-refractivity contribution < 1.29 is 19.1 Å². The van der Waals surface area contributed by atoms with Crippen molar-refractivity contribution in [3.63, 3.8) is 0 Å². The minimum absolute atomic E-state index is 0.0839. The maximum atomic E-state index is 12.2. The van der Waals surface area contributed by atoms with Crippen molar-refractivity contribution in [2.45, 2.75) is 6.42 Å². The number of rotatable bonds is 4. The standard InChI is InChI=1S/C23H16O5/c24-21-18-8-4-5-9-20(18)28-23(26)19(21)14-15-10-12-16(13-11-15)22(25)27-17-6-2-1-3-7-17/h1-13,24H,14H2. The van der Waals surface area contributed by atoms with E-state index in [0.717, 1.165) is 5.56 Å². The number of hydrogen-bond donors (Lipinski definition) is 1. The summed E-state index contributed by atoms with van der Waals surface area (Å²) in [7, 11) is 0. The van der Waals surface area contributed by atoms with Crippen molar-refractivity contribution in [1.29, 1.82) is 0 Å². The zero-order valence-corrected chi connectivity index (χ0v) is 14.8. The third kappa shape index (κ3) is 3.50. The molecular weight excluding hydrogens is 356 g/mol. The van der Waals surface area contributed by atoms with E-state index in [1.54, 1.807) is 72.8 Å². The molecule has 1 aromatic heterocycles. The molecule has 0 amide bonds. The molecular formula is C23H16O5. The van der Waals surface area contributed by atoms with Gasteiger partial charge in [-0.2, -0.15) is 0 Å². The van der Waals surface area contributed by atoms with Crippen LogP contribution in [0.25, 0.3) is 11.0 Å². The van der Waals surface area contributed by atoms with Gasteiger partial charge in [0.1, 0.15) is 17.1 Å². The van der Waals surface area contributed by atoms with E-state index in [-0.39, 0.29) is 17.7 Å². The van der Waals surface area contributed by atoms with Crippen LogP contribution >= 0.6 is 0 Å². The van der Waals surface area contributed by atoms with Gasteiger partial charge in [-0.3, -0.25) is 0 Å². The van der Waals surface area contributed by atoms with Crippen molar-refractivity contribution >= 4 is 16.9 Å². The van der Waals surface area contributed by atoms with Crippen LogP contribution in [0.4, 0.5) is 0 Å². The molecule has 4 aromatic rings. The lowest BCUT2D eigenvalue weighted by Gasteiger charge is -2.07. The monoisotopic (exact) mass is 372 g/mol. The zero-order valence-electron chi connectivity index (χ0n) is 14.8. The maximum absolute atomic E-state index is 12.2. The van der Waals surface area contributed by atoms with Gasteiger partial charge in [0.2, 0.25) is 0 Å². The first-order valence-electron chi connectivity index (χ1n) is 8.71. The fourth-order valence-corrected chi connectivity index (χ4v) is 2.95. The van der Waals surface area contributed by atoms with E-state index in [9.17, 15) is 14.7 Å². The fraction of sp³-hybridized carbons (Fsp3) is 0.0435. The summed E-state index contributed by atoms with van der Waals surface area (Å²) in [6, 6.07) is 22.3. The van der Waals surface area contributed by atoms with Crippen LogP contribution in [0.5, 0.6) is 11.5 Å². The van der Waals surface area contributed by atoms with Crippen LogP contribution in [0.3, 0.4) is 0 Å². The first kappa shape index (κ1) is 17.5. The summed E-state index contributed by atoms with van der Waals surface area (Å²) in [6.07, 6.45) is 0.188. The summed E-state index contributed by atoms with van der Waals surface area (Å²) < 4.78 is 10.6. The molecule has 1 heterocycles. The molecule has 0 bridgehead atoms. The van der Waals surface area contributed by atoms with E-state index in [4.69, 9.17) is 9.15 Å². The highest BCUT2D eigenvalue weighted by Crippen LogP contribution is 2.27. The van der Waals surface area contributed by atoms with Gasteiger partial charge in [0, 0.05) is 6.42 Å². The number of fused-ring (bicyclic) bond motifs is 1. The van der Waals surface area contributed by atoms with Gasteiger partial charge in [-0.05, 0) is 42.0 Å². The van der Waals surface area contributed by atoms with E-state index in [0.29, 0.717) is 22.3 Å². The maximum Gasteiger partial charge on any atom is 0.343 e. The SMILES string of the molecule is O=C(Oc1ccccc1)c1ccc(Cc2c(O)c3ccccc3oc2=O)cc1. The number of ether oxygens (including phenoxy) is 1. The van der Waals surface area contributed by atoms with Crippen molar-refractivity contribution in [2.75, 3.05) is 0 Å². The van der Waals surface area contributed by atoms with E-state index in [1.165, 1.54) is 0 Å². The molecule has 5 nitrogen and oxygen atoms in total. The summed E-state index contributed by atoms with van der Waals surface area (Å²) >= 11 is 0. The second-order valence-electron chi connectivity index (χ2n) is 6.29. The number of aromatic hydroxyl groups is 1. The van der Waals surface area contributed by atoms with Crippen molar-refractivity contribution in [1.82, 2.24) is 0 Å². The Morgan fingerprint density at radius 3 is 2.32 bits per heavy atom. The van der Waals surface area contributed by atoms with Crippen molar-refractivity contribution in [2.24, 2.45) is 0 Å². The van der Waals surface area contributed by atoms with Gasteiger partial charge >= 0.3 is 11.6 Å². The molecule has 28 heavy (non-hydrogen) atoms. The highest BCUT2D eigenvalue weighted by molar-refractivity contribution is 5.91. The van der Waals surface area contributed by atoms with Gasteiger partial charge < -0.3 is 14.3 Å². The summed E-state index contributed by atoms with van der Waals surface area (Å²) in [5, 5.41) is 11.0. The Labute approximate surface area is 160 Å². The van der Waals surface area contributed by atoms with Gasteiger partial charge in [-0.15, -0.1) is 0 Å². The number of esters is 1. The molecule has 0 fully saturated rings. The van der Waals surface area contributed by atoms with Crippen LogP contribution in [0.1, 0.15) is 21.5 Å². The third-order valence-corrected chi connectivity index (χ3v) is 4.40. The average molecular weight is 372 g/mol. The molecule has 4 rings (SSSR count). The molecule has 138 valence electrons. The highest BCUT2D eigenvalue weighted by atomic mass is 16.5. The quantitative estimate of drug-likeness (QED) is 0.328. The number of para-hydroxylation sites is 2. The largest absolute Gasteiger partial charge is 0.507 e. The predicted molar refractivity (Wildman–Crippen MR) is 105 cm³/mol. The molecule has 0 atom stereocenters. The molecule has 0 aliphatic rings.